The van der Waals surface area contributed by atoms with Gasteiger partial charge in [0.1, 0.15) is 0 Å². The predicted molar refractivity (Wildman–Crippen MR) is 135 cm³/mol. The molecule has 0 unspecified atom stereocenters. The van der Waals surface area contributed by atoms with Crippen LogP contribution in [-0.4, -0.2) is 23.3 Å². The summed E-state index contributed by atoms with van der Waals surface area (Å²) in [6.07, 6.45) is 0.491. The second-order valence-corrected chi connectivity index (χ2v) is 8.69. The van der Waals surface area contributed by atoms with Crippen molar-refractivity contribution in [3.8, 4) is 0 Å². The van der Waals surface area contributed by atoms with Gasteiger partial charge in [-0.25, -0.2) is 0 Å². The minimum Gasteiger partial charge on any atom is -0.374 e. The number of halogens is 1. The number of benzene rings is 4. The van der Waals surface area contributed by atoms with Crippen molar-refractivity contribution in [2.24, 2.45) is 0 Å². The molecule has 0 spiro atoms. The van der Waals surface area contributed by atoms with Crippen molar-refractivity contribution in [2.75, 3.05) is 11.9 Å². The monoisotopic (exact) mass is 466 g/mol. The van der Waals surface area contributed by atoms with Crippen LogP contribution in [0.25, 0.3) is 0 Å². The van der Waals surface area contributed by atoms with Crippen molar-refractivity contribution < 1.29 is 9.59 Å². The number of anilines is 1. The zero-order valence-corrected chi connectivity index (χ0v) is 19.2. The van der Waals surface area contributed by atoms with Gasteiger partial charge in [0.2, 0.25) is 0 Å². The Bertz CT molecular complexity index is 1260. The molecular formula is C29H23ClN2O2. The van der Waals surface area contributed by atoms with Crippen molar-refractivity contribution >= 4 is 29.1 Å². The zero-order chi connectivity index (χ0) is 23.5. The molecule has 0 fully saturated rings. The Morgan fingerprint density at radius 1 is 0.706 bits per heavy atom. The number of rotatable bonds is 7. The first-order valence-corrected chi connectivity index (χ1v) is 11.6. The van der Waals surface area contributed by atoms with Gasteiger partial charge in [-0.1, -0.05) is 84.4 Å². The molecule has 1 aliphatic heterocycles. The first-order chi connectivity index (χ1) is 16.6. The SMILES string of the molecule is O=C1c2ccccc2C(=O)N1CCc1cc(Cl)ccc1NC(c1ccccc1)c1ccccc1. The Labute approximate surface area is 203 Å². The molecule has 0 bridgehead atoms. The predicted octanol–water partition coefficient (Wildman–Crippen LogP) is 6.38. The van der Waals surface area contributed by atoms with Crippen LogP contribution < -0.4 is 5.32 Å². The molecule has 5 rings (SSSR count). The van der Waals surface area contributed by atoms with E-state index in [0.29, 0.717) is 22.6 Å². The normalized spacial score (nSPS) is 12.8. The molecule has 0 aliphatic carbocycles. The van der Waals surface area contributed by atoms with E-state index >= 15 is 0 Å². The molecule has 4 aromatic carbocycles. The fourth-order valence-corrected chi connectivity index (χ4v) is 4.58. The summed E-state index contributed by atoms with van der Waals surface area (Å²) < 4.78 is 0. The molecule has 0 aromatic heterocycles. The molecular weight excluding hydrogens is 444 g/mol. The van der Waals surface area contributed by atoms with Gasteiger partial charge < -0.3 is 5.32 Å². The molecule has 4 nitrogen and oxygen atoms in total. The van der Waals surface area contributed by atoms with Crippen molar-refractivity contribution in [2.45, 2.75) is 12.5 Å². The summed E-state index contributed by atoms with van der Waals surface area (Å²) in [6, 6.07) is 33.1. The number of hydrogen-bond acceptors (Lipinski definition) is 3. The molecule has 4 aromatic rings. The molecule has 1 N–H and O–H groups in total. The van der Waals surface area contributed by atoms with E-state index in [4.69, 9.17) is 11.6 Å². The number of imide groups is 1. The van der Waals surface area contributed by atoms with Crippen LogP contribution in [0.15, 0.2) is 103 Å². The Hall–Kier alpha value is -3.89. The Kier molecular flexibility index (Phi) is 6.15. The summed E-state index contributed by atoms with van der Waals surface area (Å²) >= 11 is 6.34. The number of amides is 2. The third-order valence-electron chi connectivity index (χ3n) is 6.12. The lowest BCUT2D eigenvalue weighted by molar-refractivity contribution is 0.0656. The van der Waals surface area contributed by atoms with Crippen LogP contribution in [0.5, 0.6) is 0 Å². The molecule has 5 heteroatoms. The third-order valence-corrected chi connectivity index (χ3v) is 6.35. The van der Waals surface area contributed by atoms with Gasteiger partial charge in [-0.15, -0.1) is 0 Å². The number of nitrogens with zero attached hydrogens (tertiary/aromatic N) is 1. The highest BCUT2D eigenvalue weighted by atomic mass is 35.5. The van der Waals surface area contributed by atoms with E-state index in [1.807, 2.05) is 54.6 Å². The highest BCUT2D eigenvalue weighted by molar-refractivity contribution is 6.30. The largest absolute Gasteiger partial charge is 0.374 e. The van der Waals surface area contributed by atoms with Crippen LogP contribution >= 0.6 is 11.6 Å². The zero-order valence-electron chi connectivity index (χ0n) is 18.4. The van der Waals surface area contributed by atoms with E-state index in [1.54, 1.807) is 24.3 Å². The lowest BCUT2D eigenvalue weighted by Gasteiger charge is -2.24. The summed E-state index contributed by atoms with van der Waals surface area (Å²) in [5.41, 5.74) is 5.06. The van der Waals surface area contributed by atoms with Crippen LogP contribution in [0.2, 0.25) is 5.02 Å². The third kappa shape index (κ3) is 4.33. The quantitative estimate of drug-likeness (QED) is 0.321. The fourth-order valence-electron chi connectivity index (χ4n) is 4.39. The first-order valence-electron chi connectivity index (χ1n) is 11.2. The molecule has 2 amide bonds. The molecule has 1 aliphatic rings. The van der Waals surface area contributed by atoms with Crippen LogP contribution in [0.3, 0.4) is 0 Å². The summed E-state index contributed by atoms with van der Waals surface area (Å²) in [4.78, 5) is 26.9. The van der Waals surface area contributed by atoms with Crippen molar-refractivity contribution in [3.63, 3.8) is 0 Å². The van der Waals surface area contributed by atoms with Crippen molar-refractivity contribution in [1.29, 1.82) is 0 Å². The minimum absolute atomic E-state index is 0.0679. The number of carbonyl (C=O) groups excluding carboxylic acids is 2. The maximum Gasteiger partial charge on any atom is 0.261 e. The summed E-state index contributed by atoms with van der Waals surface area (Å²) in [6.45, 7) is 0.280. The van der Waals surface area contributed by atoms with E-state index in [2.05, 4.69) is 29.6 Å². The molecule has 0 saturated carbocycles. The smallest absolute Gasteiger partial charge is 0.261 e. The molecule has 168 valence electrons. The number of hydrogen-bond donors (Lipinski definition) is 1. The van der Waals surface area contributed by atoms with Gasteiger partial charge in [-0.05, 0) is 53.4 Å². The Balaban J connectivity index is 1.42. The van der Waals surface area contributed by atoms with Gasteiger partial charge in [0.25, 0.3) is 11.8 Å². The van der Waals surface area contributed by atoms with Crippen molar-refractivity contribution in [3.05, 3.63) is 136 Å². The molecule has 0 radical (unpaired) electrons. The maximum absolute atomic E-state index is 12.8. The number of nitrogens with one attached hydrogen (secondary N) is 1. The Morgan fingerprint density at radius 3 is 1.79 bits per heavy atom. The number of fused-ring (bicyclic) bond motifs is 1. The van der Waals surface area contributed by atoms with Crippen LogP contribution in [-0.2, 0) is 6.42 Å². The summed E-state index contributed by atoms with van der Waals surface area (Å²) in [5.74, 6) is -0.493. The lowest BCUT2D eigenvalue weighted by atomic mass is 9.97. The minimum atomic E-state index is -0.247. The highest BCUT2D eigenvalue weighted by Gasteiger charge is 2.34. The van der Waals surface area contributed by atoms with Gasteiger partial charge in [0.15, 0.2) is 0 Å². The second kappa shape index (κ2) is 9.54. The highest BCUT2D eigenvalue weighted by Crippen LogP contribution is 2.31. The van der Waals surface area contributed by atoms with Crippen LogP contribution in [0, 0.1) is 0 Å². The number of carbonyl (C=O) groups is 2. The first kappa shape index (κ1) is 21.9. The maximum atomic E-state index is 12.8. The lowest BCUT2D eigenvalue weighted by Crippen LogP contribution is -2.32. The molecule has 1 heterocycles. The van der Waals surface area contributed by atoms with Gasteiger partial charge >= 0.3 is 0 Å². The molecule has 34 heavy (non-hydrogen) atoms. The van der Waals surface area contributed by atoms with Gasteiger partial charge in [0, 0.05) is 17.3 Å². The van der Waals surface area contributed by atoms with Gasteiger partial charge in [-0.2, -0.15) is 0 Å². The van der Waals surface area contributed by atoms with Gasteiger partial charge in [-0.3, -0.25) is 14.5 Å². The van der Waals surface area contributed by atoms with E-state index in [-0.39, 0.29) is 24.4 Å². The average Bonchev–Trinajstić information content (AvgIpc) is 3.12. The van der Waals surface area contributed by atoms with Crippen LogP contribution in [0.1, 0.15) is 43.4 Å². The average molecular weight is 467 g/mol. The molecule has 0 saturated heterocycles. The topological polar surface area (TPSA) is 49.4 Å². The van der Waals surface area contributed by atoms with Crippen molar-refractivity contribution in [1.82, 2.24) is 4.90 Å². The Morgan fingerprint density at radius 2 is 1.24 bits per heavy atom. The van der Waals surface area contributed by atoms with E-state index in [9.17, 15) is 9.59 Å². The second-order valence-electron chi connectivity index (χ2n) is 8.26. The fraction of sp³-hybridized carbons (Fsp3) is 0.103. The van der Waals surface area contributed by atoms with E-state index in [1.165, 1.54) is 4.90 Å². The van der Waals surface area contributed by atoms with Gasteiger partial charge in [0.05, 0.1) is 17.2 Å². The van der Waals surface area contributed by atoms with Crippen LogP contribution in [0.4, 0.5) is 5.69 Å². The molecule has 0 atom stereocenters. The summed E-state index contributed by atoms with van der Waals surface area (Å²) in [5, 5.41) is 4.29. The summed E-state index contributed by atoms with van der Waals surface area (Å²) in [7, 11) is 0. The van der Waals surface area contributed by atoms with E-state index in [0.717, 1.165) is 22.4 Å². The van der Waals surface area contributed by atoms with E-state index < -0.39 is 0 Å². The standard InChI is InChI=1S/C29H23ClN2O2/c30-23-15-16-26(31-27(20-9-3-1-4-10-20)21-11-5-2-6-12-21)22(19-23)17-18-32-28(33)24-13-7-8-14-25(24)29(32)34/h1-16,19,27,31H,17-18H2.